The minimum atomic E-state index is -1.84. The second-order valence-corrected chi connectivity index (χ2v) is 8.44. The van der Waals surface area contributed by atoms with E-state index in [2.05, 4.69) is 20.3 Å². The minimum Gasteiger partial charge on any atom is -0.494 e. The van der Waals surface area contributed by atoms with Crippen molar-refractivity contribution in [1.82, 2.24) is 20.3 Å². The van der Waals surface area contributed by atoms with Gasteiger partial charge in [-0.1, -0.05) is 11.8 Å². The molecule has 0 aliphatic rings. The number of Topliss-reactive ketones (excluding diaryl/α,β-unsaturated/α-hetero) is 1. The first-order valence-electron chi connectivity index (χ1n) is 8.76. The Balaban J connectivity index is 1.85. The first kappa shape index (κ1) is 22.1. The van der Waals surface area contributed by atoms with Crippen LogP contribution in [0.4, 0.5) is 4.39 Å². The lowest BCUT2D eigenvalue weighted by atomic mass is 10.1. The Morgan fingerprint density at radius 2 is 2.10 bits per heavy atom. The van der Waals surface area contributed by atoms with Gasteiger partial charge < -0.3 is 15.2 Å². The highest BCUT2D eigenvalue weighted by Crippen LogP contribution is 2.33. The summed E-state index contributed by atoms with van der Waals surface area (Å²) in [6.45, 7) is 2.99. The molecule has 0 saturated heterocycles. The molecule has 1 atom stereocenters. The highest BCUT2D eigenvalue weighted by molar-refractivity contribution is 8.00. The number of halogens is 1. The molecular formula is C19H19FN4O4S2. The number of likely N-dealkylation sites (N-methyl/N-ethyl adjacent to an activating group) is 1. The van der Waals surface area contributed by atoms with Crippen molar-refractivity contribution in [2.45, 2.75) is 24.5 Å². The van der Waals surface area contributed by atoms with E-state index in [1.807, 2.05) is 0 Å². The molecule has 1 amide bonds. The van der Waals surface area contributed by atoms with Gasteiger partial charge in [-0.05, 0) is 26.0 Å². The van der Waals surface area contributed by atoms with Gasteiger partial charge in [-0.3, -0.25) is 9.59 Å². The van der Waals surface area contributed by atoms with Gasteiger partial charge in [-0.2, -0.15) is 0 Å². The summed E-state index contributed by atoms with van der Waals surface area (Å²) < 4.78 is 19.8. The third kappa shape index (κ3) is 4.13. The van der Waals surface area contributed by atoms with Crippen molar-refractivity contribution in [3.8, 4) is 5.75 Å². The number of benzene rings is 1. The van der Waals surface area contributed by atoms with Crippen LogP contribution < -0.4 is 10.1 Å². The molecule has 0 aliphatic heterocycles. The van der Waals surface area contributed by atoms with Gasteiger partial charge in [0.15, 0.2) is 23.0 Å². The number of hydrogen-bond acceptors (Lipinski definition) is 9. The summed E-state index contributed by atoms with van der Waals surface area (Å²) in [5, 5.41) is 13.3. The van der Waals surface area contributed by atoms with Crippen LogP contribution in [0.15, 0.2) is 23.4 Å². The molecule has 0 radical (unpaired) electrons. The second kappa shape index (κ2) is 8.62. The van der Waals surface area contributed by atoms with Gasteiger partial charge in [0.25, 0.3) is 5.91 Å². The molecule has 0 bridgehead atoms. The number of rotatable bonds is 7. The number of hydrogen-bond donors (Lipinski definition) is 2. The number of amides is 1. The molecule has 1 unspecified atom stereocenters. The number of thiazole rings is 1. The van der Waals surface area contributed by atoms with E-state index in [1.165, 1.54) is 33.3 Å². The number of nitrogens with zero attached hydrogens (tertiary/aromatic N) is 3. The fraction of sp³-hybridized carbons (Fsp3) is 0.316. The van der Waals surface area contributed by atoms with Crippen molar-refractivity contribution in [3.05, 3.63) is 39.9 Å². The van der Waals surface area contributed by atoms with E-state index >= 15 is 0 Å². The number of ether oxygens (including phenoxy) is 1. The number of ketones is 1. The molecule has 0 spiro atoms. The first-order valence-corrected chi connectivity index (χ1v) is 10.6. The van der Waals surface area contributed by atoms with E-state index in [-0.39, 0.29) is 32.6 Å². The van der Waals surface area contributed by atoms with Gasteiger partial charge >= 0.3 is 0 Å². The second-order valence-electron chi connectivity index (χ2n) is 6.44. The van der Waals surface area contributed by atoms with Crippen LogP contribution in [0, 0.1) is 12.7 Å². The number of carbonyl (C=O) groups excluding carboxylic acids is 2. The van der Waals surface area contributed by atoms with Crippen molar-refractivity contribution in [1.29, 1.82) is 0 Å². The molecule has 2 aromatic heterocycles. The summed E-state index contributed by atoms with van der Waals surface area (Å²) in [5.41, 5.74) is -1.43. The first-order chi connectivity index (χ1) is 14.2. The molecule has 8 nitrogen and oxygen atoms in total. The van der Waals surface area contributed by atoms with Crippen LogP contribution in [0.5, 0.6) is 5.75 Å². The maximum Gasteiger partial charge on any atom is 0.258 e. The molecule has 0 aliphatic carbocycles. The van der Waals surface area contributed by atoms with Gasteiger partial charge in [0, 0.05) is 13.2 Å². The molecule has 2 heterocycles. The highest BCUT2D eigenvalue weighted by atomic mass is 32.2. The molecule has 0 saturated carbocycles. The summed E-state index contributed by atoms with van der Waals surface area (Å²) in [5.74, 6) is -1.03. The lowest BCUT2D eigenvalue weighted by molar-refractivity contribution is -0.138. The molecule has 3 rings (SSSR count). The van der Waals surface area contributed by atoms with Crippen molar-refractivity contribution in [2.75, 3.05) is 19.9 Å². The van der Waals surface area contributed by atoms with Crippen molar-refractivity contribution in [2.24, 2.45) is 0 Å². The monoisotopic (exact) mass is 450 g/mol. The lowest BCUT2D eigenvalue weighted by Gasteiger charge is -2.17. The topological polar surface area (TPSA) is 114 Å². The Morgan fingerprint density at radius 3 is 2.77 bits per heavy atom. The standard InChI is InChI=1S/C19H19FN4O4S2/c1-9-23-10-5-6-12(28-4)15(20)14(10)16(24-9)29-8-11(25)13-7-22-18(30-13)19(2,27)17(26)21-3/h5-7,27H,8H2,1-4H3,(H,21,26). The SMILES string of the molecule is CNC(=O)C(C)(O)c1ncc(C(=O)CSc2nc(C)nc3ccc(OC)c(F)c23)s1. The number of nitrogens with one attached hydrogen (secondary N) is 1. The summed E-state index contributed by atoms with van der Waals surface area (Å²) in [4.78, 5) is 37.3. The van der Waals surface area contributed by atoms with Gasteiger partial charge in [-0.25, -0.2) is 19.3 Å². The fourth-order valence-corrected chi connectivity index (χ4v) is 4.63. The number of carbonyl (C=O) groups is 2. The smallest absolute Gasteiger partial charge is 0.258 e. The largest absolute Gasteiger partial charge is 0.494 e. The maximum absolute atomic E-state index is 14.8. The fourth-order valence-electron chi connectivity index (χ4n) is 2.68. The Morgan fingerprint density at radius 1 is 1.37 bits per heavy atom. The zero-order valence-electron chi connectivity index (χ0n) is 16.6. The Hall–Kier alpha value is -2.63. The minimum absolute atomic E-state index is 0.0358. The van der Waals surface area contributed by atoms with Crippen LogP contribution in [0.3, 0.4) is 0 Å². The molecule has 158 valence electrons. The molecule has 2 N–H and O–H groups in total. The highest BCUT2D eigenvalue weighted by Gasteiger charge is 2.35. The number of aryl methyl sites for hydroxylation is 1. The predicted octanol–water partition coefficient (Wildman–Crippen LogP) is 2.47. The number of aromatic nitrogens is 3. The van der Waals surface area contributed by atoms with Gasteiger partial charge in [0.1, 0.15) is 15.9 Å². The van der Waals surface area contributed by atoms with E-state index < -0.39 is 17.3 Å². The number of fused-ring (bicyclic) bond motifs is 1. The van der Waals surface area contributed by atoms with Gasteiger partial charge in [0.05, 0.1) is 28.6 Å². The van der Waals surface area contributed by atoms with Crippen molar-refractivity contribution in [3.63, 3.8) is 0 Å². The van der Waals surface area contributed by atoms with E-state index in [0.29, 0.717) is 16.4 Å². The number of aliphatic hydroxyl groups is 1. The molecule has 1 aromatic carbocycles. The quantitative estimate of drug-likeness (QED) is 0.321. The van der Waals surface area contributed by atoms with Gasteiger partial charge in [0.2, 0.25) is 0 Å². The lowest BCUT2D eigenvalue weighted by Crippen LogP contribution is -2.40. The Kier molecular flexibility index (Phi) is 6.34. The Bertz CT molecular complexity index is 1130. The van der Waals surface area contributed by atoms with E-state index in [9.17, 15) is 19.1 Å². The third-order valence-electron chi connectivity index (χ3n) is 4.27. The van der Waals surface area contributed by atoms with Crippen LogP contribution in [0.2, 0.25) is 0 Å². The van der Waals surface area contributed by atoms with Crippen LogP contribution >= 0.6 is 23.1 Å². The predicted molar refractivity (Wildman–Crippen MR) is 112 cm³/mol. The van der Waals surface area contributed by atoms with E-state index in [0.717, 1.165) is 23.1 Å². The average Bonchev–Trinajstić information content (AvgIpc) is 3.22. The van der Waals surface area contributed by atoms with Crippen molar-refractivity contribution < 1.29 is 23.8 Å². The number of methoxy groups -OCH3 is 1. The molecule has 11 heteroatoms. The van der Waals surface area contributed by atoms with Crippen molar-refractivity contribution >= 4 is 45.7 Å². The normalized spacial score (nSPS) is 13.1. The van der Waals surface area contributed by atoms with E-state index in [4.69, 9.17) is 4.74 Å². The van der Waals surface area contributed by atoms with Crippen LogP contribution in [-0.2, 0) is 10.4 Å². The zero-order valence-corrected chi connectivity index (χ0v) is 18.3. The number of thioether (sulfide) groups is 1. The molecule has 30 heavy (non-hydrogen) atoms. The molecule has 0 fully saturated rings. The summed E-state index contributed by atoms with van der Waals surface area (Å²) in [7, 11) is 2.76. The van der Waals surface area contributed by atoms with E-state index in [1.54, 1.807) is 13.0 Å². The summed E-state index contributed by atoms with van der Waals surface area (Å²) in [6, 6.07) is 3.12. The van der Waals surface area contributed by atoms with Crippen LogP contribution in [0.25, 0.3) is 10.9 Å². The molecule has 3 aromatic rings. The van der Waals surface area contributed by atoms with Crippen LogP contribution in [-0.4, -0.2) is 51.7 Å². The average molecular weight is 451 g/mol. The zero-order chi connectivity index (χ0) is 22.1. The molecular weight excluding hydrogens is 431 g/mol. The maximum atomic E-state index is 14.8. The van der Waals surface area contributed by atoms with Crippen LogP contribution in [0.1, 0.15) is 27.4 Å². The van der Waals surface area contributed by atoms with Gasteiger partial charge in [-0.15, -0.1) is 11.3 Å². The Labute approximate surface area is 179 Å². The third-order valence-corrected chi connectivity index (χ3v) is 6.49. The summed E-state index contributed by atoms with van der Waals surface area (Å²) in [6.07, 6.45) is 1.31. The summed E-state index contributed by atoms with van der Waals surface area (Å²) >= 11 is 2.00.